The van der Waals surface area contributed by atoms with Crippen molar-refractivity contribution in [1.82, 2.24) is 29.5 Å². The molecule has 58 heavy (non-hydrogen) atoms. The average Bonchev–Trinajstić information content (AvgIpc) is 3.34. The van der Waals surface area contributed by atoms with E-state index in [9.17, 15) is 18.3 Å². The van der Waals surface area contributed by atoms with E-state index in [1.807, 2.05) is 0 Å². The van der Waals surface area contributed by atoms with Gasteiger partial charge in [0.05, 0.1) is 22.9 Å². The van der Waals surface area contributed by atoms with Gasteiger partial charge in [0, 0.05) is 88.0 Å². The first-order valence-corrected chi connectivity index (χ1v) is 19.1. The van der Waals surface area contributed by atoms with Gasteiger partial charge in [-0.3, -0.25) is 14.5 Å². The molecule has 0 radical (unpaired) electrons. The fraction of sp³-hybridized carbons (Fsp3) is 0.488. The Morgan fingerprint density at radius 1 is 1.07 bits per heavy atom. The van der Waals surface area contributed by atoms with E-state index >= 15 is 17.6 Å². The summed E-state index contributed by atoms with van der Waals surface area (Å²) in [6, 6.07) is 4.63. The SMILES string of the molecule is C#Cc1c(F)ccc2cc(O)cc(-c3c(F)c4nc(OC[C@]5(CN(CC)CC(F)(F)F)CC5(F)F)nc(N5[C@@H]6CC[C@H]5CN(CCCOC)C6)c4c4cn(C)nc34)c12. The molecule has 1 N–H and O–H groups in total. The van der Waals surface area contributed by atoms with Crippen LogP contribution in [0.4, 0.5) is 36.6 Å². The maximum absolute atomic E-state index is 17.8. The quantitative estimate of drug-likeness (QED) is 0.0749. The topological polar surface area (TPSA) is 92.0 Å². The zero-order valence-electron chi connectivity index (χ0n) is 32.1. The van der Waals surface area contributed by atoms with E-state index in [1.165, 1.54) is 29.8 Å². The second-order valence-corrected chi connectivity index (χ2v) is 15.7. The molecule has 0 spiro atoms. The van der Waals surface area contributed by atoms with Crippen LogP contribution in [-0.4, -0.2) is 118 Å². The van der Waals surface area contributed by atoms with Crippen molar-refractivity contribution < 1.29 is 45.3 Å². The van der Waals surface area contributed by atoms with E-state index in [0.29, 0.717) is 36.3 Å². The maximum atomic E-state index is 17.8. The van der Waals surface area contributed by atoms with Crippen LogP contribution < -0.4 is 9.64 Å². The summed E-state index contributed by atoms with van der Waals surface area (Å²) in [5.74, 6) is -2.60. The molecular formula is C41H42F7N7O3. The standard InChI is InChI=1S/C41H42F7N7O3/c1-5-27-30(42)11-8-23-14-26(56)15-28(31(23)27)32-34(43)36-33(29-18-52(3)51-35(29)32)37(55-24-9-10-25(55)17-54(16-24)12-7-13-57-4)50-38(49-36)58-22-39(19-40(39,44)45)20-53(6-2)21-41(46,47)48/h1,8,11,14-15,18,24-25,56H,6-7,9-10,12-13,16-17,19-22H2,2-4H3/t24-,25+,39-/m1/s1. The molecule has 3 fully saturated rings. The van der Waals surface area contributed by atoms with Gasteiger partial charge in [-0.25, -0.2) is 17.6 Å². The van der Waals surface area contributed by atoms with E-state index < -0.39 is 61.3 Å². The molecule has 1 aliphatic carbocycles. The molecule has 0 unspecified atom stereocenters. The highest BCUT2D eigenvalue weighted by Crippen LogP contribution is 2.61. The van der Waals surface area contributed by atoms with E-state index in [2.05, 4.69) is 25.8 Å². The number of anilines is 1. The third-order valence-electron chi connectivity index (χ3n) is 11.8. The Labute approximate surface area is 329 Å². The minimum atomic E-state index is -4.60. The molecule has 3 atom stereocenters. The zero-order chi connectivity index (χ0) is 41.3. The number of phenolic OH excluding ortho intramolecular Hbond substituents is 1. The molecule has 10 nitrogen and oxygen atoms in total. The number of alkyl halides is 5. The third-order valence-corrected chi connectivity index (χ3v) is 11.8. The predicted octanol–water partition coefficient (Wildman–Crippen LogP) is 7.28. The van der Waals surface area contributed by atoms with Crippen molar-refractivity contribution in [2.75, 3.05) is 64.5 Å². The molecule has 17 heteroatoms. The van der Waals surface area contributed by atoms with Crippen LogP contribution in [0.15, 0.2) is 30.5 Å². The van der Waals surface area contributed by atoms with Gasteiger partial charge in [-0.15, -0.1) is 6.42 Å². The molecule has 2 saturated heterocycles. The number of aryl methyl sites for hydroxylation is 1. The lowest BCUT2D eigenvalue weighted by Gasteiger charge is -2.42. The number of hydrogen-bond acceptors (Lipinski definition) is 9. The van der Waals surface area contributed by atoms with Crippen molar-refractivity contribution in [3.05, 3.63) is 47.7 Å². The van der Waals surface area contributed by atoms with Crippen molar-refractivity contribution in [3.63, 3.8) is 0 Å². The number of fused-ring (bicyclic) bond motifs is 6. The lowest BCUT2D eigenvalue weighted by atomic mass is 9.91. The minimum Gasteiger partial charge on any atom is -0.508 e. The Hall–Kier alpha value is -4.92. The van der Waals surface area contributed by atoms with Crippen LogP contribution in [-0.2, 0) is 11.8 Å². The van der Waals surface area contributed by atoms with Gasteiger partial charge in [0.25, 0.3) is 5.92 Å². The van der Waals surface area contributed by atoms with Crippen LogP contribution >= 0.6 is 0 Å². The van der Waals surface area contributed by atoms with Gasteiger partial charge >= 0.3 is 12.2 Å². The van der Waals surface area contributed by atoms with Crippen molar-refractivity contribution >= 4 is 38.4 Å². The van der Waals surface area contributed by atoms with Gasteiger partial charge < -0.3 is 19.5 Å². The highest BCUT2D eigenvalue weighted by Gasteiger charge is 2.72. The lowest BCUT2D eigenvalue weighted by Crippen LogP contribution is -2.54. The summed E-state index contributed by atoms with van der Waals surface area (Å²) in [6.07, 6.45) is 4.54. The minimum absolute atomic E-state index is 0.0406. The van der Waals surface area contributed by atoms with E-state index in [0.717, 1.165) is 36.8 Å². The number of ether oxygens (including phenoxy) is 2. The summed E-state index contributed by atoms with van der Waals surface area (Å²) in [5, 5.41) is 16.7. The van der Waals surface area contributed by atoms with Crippen molar-refractivity contribution in [1.29, 1.82) is 0 Å². The number of aromatic nitrogens is 4. The normalized spacial score (nSPS) is 21.8. The molecule has 1 saturated carbocycles. The van der Waals surface area contributed by atoms with E-state index in [-0.39, 0.29) is 62.9 Å². The fourth-order valence-corrected chi connectivity index (χ4v) is 9.04. The molecule has 2 aliphatic heterocycles. The number of benzene rings is 3. The summed E-state index contributed by atoms with van der Waals surface area (Å²) in [7, 11) is 3.30. The van der Waals surface area contributed by atoms with Crippen LogP contribution in [0.2, 0.25) is 0 Å². The summed E-state index contributed by atoms with van der Waals surface area (Å²) in [4.78, 5) is 14.7. The van der Waals surface area contributed by atoms with Gasteiger partial charge in [0.2, 0.25) is 0 Å². The van der Waals surface area contributed by atoms with Gasteiger partial charge in [-0.05, 0) is 55.0 Å². The molecule has 5 aromatic rings. The Bertz CT molecular complexity index is 2440. The van der Waals surface area contributed by atoms with Gasteiger partial charge in [0.15, 0.2) is 5.82 Å². The first-order chi connectivity index (χ1) is 27.6. The van der Waals surface area contributed by atoms with E-state index in [1.54, 1.807) is 20.4 Å². The predicted molar refractivity (Wildman–Crippen MR) is 204 cm³/mol. The number of rotatable bonds is 13. The molecule has 3 aliphatic rings. The smallest absolute Gasteiger partial charge is 0.401 e. The van der Waals surface area contributed by atoms with E-state index in [4.69, 9.17) is 20.9 Å². The van der Waals surface area contributed by atoms with Crippen LogP contribution in [0, 0.1) is 29.4 Å². The second kappa shape index (κ2) is 14.7. The number of aromatic hydroxyl groups is 1. The van der Waals surface area contributed by atoms with Crippen LogP contribution in [0.3, 0.4) is 0 Å². The number of likely N-dealkylation sites (tertiary alicyclic amines) is 1. The largest absolute Gasteiger partial charge is 0.508 e. The number of methoxy groups -OCH3 is 1. The first-order valence-electron chi connectivity index (χ1n) is 19.1. The molecule has 308 valence electrons. The number of halogens is 7. The first kappa shape index (κ1) is 39.9. The summed E-state index contributed by atoms with van der Waals surface area (Å²) >= 11 is 0. The number of nitrogens with zero attached hydrogens (tertiary/aromatic N) is 7. The molecule has 4 heterocycles. The van der Waals surface area contributed by atoms with Crippen molar-refractivity contribution in [2.45, 2.75) is 56.8 Å². The van der Waals surface area contributed by atoms with Crippen LogP contribution in [0.1, 0.15) is 38.2 Å². The molecule has 0 amide bonds. The number of piperazine rings is 1. The lowest BCUT2D eigenvalue weighted by molar-refractivity contribution is -0.149. The molecule has 3 aromatic carbocycles. The highest BCUT2D eigenvalue weighted by atomic mass is 19.4. The summed E-state index contributed by atoms with van der Waals surface area (Å²) < 4.78 is 116. The van der Waals surface area contributed by atoms with Crippen molar-refractivity contribution in [2.24, 2.45) is 12.5 Å². The van der Waals surface area contributed by atoms with Crippen molar-refractivity contribution in [3.8, 4) is 35.2 Å². The van der Waals surface area contributed by atoms with Gasteiger partial charge in [-0.2, -0.15) is 28.2 Å². The molecular weight excluding hydrogens is 771 g/mol. The van der Waals surface area contributed by atoms with Gasteiger partial charge in [0.1, 0.15) is 35.0 Å². The monoisotopic (exact) mass is 813 g/mol. The Morgan fingerprint density at radius 3 is 2.43 bits per heavy atom. The maximum Gasteiger partial charge on any atom is 0.401 e. The van der Waals surface area contributed by atoms with Crippen LogP contribution in [0.5, 0.6) is 11.8 Å². The Kier molecular flexibility index (Phi) is 10.1. The second-order valence-electron chi connectivity index (χ2n) is 15.7. The summed E-state index contributed by atoms with van der Waals surface area (Å²) in [5.41, 5.74) is -2.34. The van der Waals surface area contributed by atoms with Gasteiger partial charge in [-0.1, -0.05) is 18.9 Å². The molecule has 2 bridgehead atoms. The Morgan fingerprint density at radius 2 is 1.79 bits per heavy atom. The average molecular weight is 814 g/mol. The number of hydrogen-bond donors (Lipinski definition) is 1. The zero-order valence-corrected chi connectivity index (χ0v) is 32.1. The van der Waals surface area contributed by atoms with Crippen LogP contribution in [0.25, 0.3) is 43.7 Å². The molecule has 8 rings (SSSR count). The number of phenols is 1. The fourth-order valence-electron chi connectivity index (χ4n) is 9.04. The third kappa shape index (κ3) is 7.02. The number of terminal acetylenes is 1. The highest BCUT2D eigenvalue weighted by molar-refractivity contribution is 6.18. The Balaban J connectivity index is 1.31. The summed E-state index contributed by atoms with van der Waals surface area (Å²) in [6.45, 7) is 1.36. The molecule has 2 aromatic heterocycles.